The summed E-state index contributed by atoms with van der Waals surface area (Å²) in [6.07, 6.45) is 1.54. The molecule has 0 saturated heterocycles. The van der Waals surface area contributed by atoms with Crippen LogP contribution in [0.5, 0.6) is 5.75 Å². The first-order valence-corrected chi connectivity index (χ1v) is 10.8. The highest BCUT2D eigenvalue weighted by molar-refractivity contribution is 6.04. The van der Waals surface area contributed by atoms with E-state index in [0.29, 0.717) is 23.0 Å². The molecule has 0 aliphatic carbocycles. The summed E-state index contributed by atoms with van der Waals surface area (Å²) < 4.78 is 5.55. The lowest BCUT2D eigenvalue weighted by Crippen LogP contribution is -2.11. The number of anilines is 3. The SMILES string of the molecule is COc1ccc(C(C)C)cc1-c1cc(Nc2ccc(NC(=O)c3ccccc3)cc2)ncn1. The Morgan fingerprint density at radius 3 is 2.30 bits per heavy atom. The lowest BCUT2D eigenvalue weighted by molar-refractivity contribution is 0.102. The van der Waals surface area contributed by atoms with Crippen LogP contribution in [-0.2, 0) is 0 Å². The number of nitrogens with one attached hydrogen (secondary N) is 2. The average molecular weight is 439 g/mol. The van der Waals surface area contributed by atoms with Gasteiger partial charge in [0, 0.05) is 28.6 Å². The topological polar surface area (TPSA) is 76.1 Å². The summed E-state index contributed by atoms with van der Waals surface area (Å²) >= 11 is 0. The van der Waals surface area contributed by atoms with Crippen molar-refractivity contribution in [2.24, 2.45) is 0 Å². The van der Waals surface area contributed by atoms with Crippen molar-refractivity contribution in [3.63, 3.8) is 0 Å². The number of rotatable bonds is 7. The first kappa shape index (κ1) is 22.0. The fourth-order valence-corrected chi connectivity index (χ4v) is 3.44. The van der Waals surface area contributed by atoms with Crippen molar-refractivity contribution < 1.29 is 9.53 Å². The Hall–Kier alpha value is -4.19. The third-order valence-electron chi connectivity index (χ3n) is 5.28. The van der Waals surface area contributed by atoms with Gasteiger partial charge in [-0.15, -0.1) is 0 Å². The third-order valence-corrected chi connectivity index (χ3v) is 5.28. The molecule has 6 heteroatoms. The van der Waals surface area contributed by atoms with E-state index in [9.17, 15) is 4.79 Å². The minimum absolute atomic E-state index is 0.144. The number of hydrogen-bond acceptors (Lipinski definition) is 5. The molecule has 0 spiro atoms. The average Bonchev–Trinajstić information content (AvgIpc) is 2.85. The van der Waals surface area contributed by atoms with E-state index >= 15 is 0 Å². The molecule has 0 bridgehead atoms. The van der Waals surface area contributed by atoms with Gasteiger partial charge in [-0.3, -0.25) is 4.79 Å². The fraction of sp³-hybridized carbons (Fsp3) is 0.148. The monoisotopic (exact) mass is 438 g/mol. The van der Waals surface area contributed by atoms with Crippen molar-refractivity contribution in [2.75, 3.05) is 17.7 Å². The number of amides is 1. The molecule has 1 amide bonds. The molecule has 0 unspecified atom stereocenters. The fourth-order valence-electron chi connectivity index (χ4n) is 3.44. The first-order chi connectivity index (χ1) is 16.0. The third kappa shape index (κ3) is 5.36. The Labute approximate surface area is 193 Å². The van der Waals surface area contributed by atoms with Gasteiger partial charge in [0.05, 0.1) is 12.8 Å². The second-order valence-electron chi connectivity index (χ2n) is 7.93. The zero-order chi connectivity index (χ0) is 23.2. The predicted molar refractivity (Wildman–Crippen MR) is 132 cm³/mol. The van der Waals surface area contributed by atoms with E-state index in [1.807, 2.05) is 54.6 Å². The van der Waals surface area contributed by atoms with Crippen LogP contribution in [-0.4, -0.2) is 23.0 Å². The summed E-state index contributed by atoms with van der Waals surface area (Å²) in [5.41, 5.74) is 5.09. The van der Waals surface area contributed by atoms with Crippen LogP contribution in [0, 0.1) is 0 Å². The molecule has 0 aliphatic rings. The van der Waals surface area contributed by atoms with Crippen molar-refractivity contribution in [1.29, 1.82) is 0 Å². The molecule has 2 N–H and O–H groups in total. The molecule has 1 heterocycles. The van der Waals surface area contributed by atoms with Crippen LogP contribution >= 0.6 is 0 Å². The van der Waals surface area contributed by atoms with Crippen LogP contribution < -0.4 is 15.4 Å². The molecule has 0 saturated carbocycles. The van der Waals surface area contributed by atoms with E-state index in [-0.39, 0.29) is 5.91 Å². The minimum atomic E-state index is -0.144. The Morgan fingerprint density at radius 2 is 1.61 bits per heavy atom. The molecule has 166 valence electrons. The number of nitrogens with zero attached hydrogens (tertiary/aromatic N) is 2. The molecular weight excluding hydrogens is 412 g/mol. The van der Waals surface area contributed by atoms with Crippen LogP contribution in [0.15, 0.2) is 85.2 Å². The van der Waals surface area contributed by atoms with Crippen LogP contribution in [0.25, 0.3) is 11.3 Å². The van der Waals surface area contributed by atoms with E-state index in [0.717, 1.165) is 22.7 Å². The Morgan fingerprint density at radius 1 is 0.879 bits per heavy atom. The van der Waals surface area contributed by atoms with E-state index in [1.54, 1.807) is 19.2 Å². The van der Waals surface area contributed by atoms with Crippen molar-refractivity contribution in [2.45, 2.75) is 19.8 Å². The molecule has 0 atom stereocenters. The summed E-state index contributed by atoms with van der Waals surface area (Å²) in [6.45, 7) is 4.31. The smallest absolute Gasteiger partial charge is 0.255 e. The maximum absolute atomic E-state index is 12.3. The van der Waals surface area contributed by atoms with Gasteiger partial charge in [-0.05, 0) is 60.0 Å². The number of ether oxygens (including phenoxy) is 1. The van der Waals surface area contributed by atoms with E-state index in [4.69, 9.17) is 4.74 Å². The Bertz CT molecular complexity index is 1240. The number of hydrogen-bond donors (Lipinski definition) is 2. The Balaban J connectivity index is 1.50. The van der Waals surface area contributed by atoms with E-state index in [1.165, 1.54) is 11.9 Å². The van der Waals surface area contributed by atoms with Gasteiger partial charge in [0.25, 0.3) is 5.91 Å². The van der Waals surface area contributed by atoms with Gasteiger partial charge in [-0.1, -0.05) is 38.1 Å². The molecule has 1 aromatic heterocycles. The van der Waals surface area contributed by atoms with Crippen molar-refractivity contribution >= 4 is 23.1 Å². The quantitative estimate of drug-likeness (QED) is 0.356. The van der Waals surface area contributed by atoms with Gasteiger partial charge >= 0.3 is 0 Å². The van der Waals surface area contributed by atoms with Gasteiger partial charge < -0.3 is 15.4 Å². The van der Waals surface area contributed by atoms with Crippen molar-refractivity contribution in [3.8, 4) is 17.0 Å². The highest BCUT2D eigenvalue weighted by Crippen LogP contribution is 2.33. The van der Waals surface area contributed by atoms with Crippen LogP contribution in [0.2, 0.25) is 0 Å². The number of carbonyl (C=O) groups is 1. The number of aromatic nitrogens is 2. The Kier molecular flexibility index (Phi) is 6.64. The van der Waals surface area contributed by atoms with Gasteiger partial charge in [-0.25, -0.2) is 9.97 Å². The largest absolute Gasteiger partial charge is 0.496 e. The molecule has 33 heavy (non-hydrogen) atoms. The van der Waals surface area contributed by atoms with E-state index in [2.05, 4.69) is 46.6 Å². The standard InChI is InChI=1S/C27H26N4O2/c1-18(2)20-9-14-25(33-3)23(15-20)24-16-26(29-17-28-24)30-21-10-12-22(13-11-21)31-27(32)19-7-5-4-6-8-19/h4-18H,1-3H3,(H,31,32)(H,28,29,30). The molecule has 4 rings (SSSR count). The summed E-state index contributed by atoms with van der Waals surface area (Å²) in [5, 5.41) is 6.20. The highest BCUT2D eigenvalue weighted by atomic mass is 16.5. The lowest BCUT2D eigenvalue weighted by Gasteiger charge is -2.13. The van der Waals surface area contributed by atoms with Crippen LogP contribution in [0.3, 0.4) is 0 Å². The molecule has 0 radical (unpaired) electrons. The van der Waals surface area contributed by atoms with Crippen LogP contribution in [0.1, 0.15) is 35.7 Å². The maximum atomic E-state index is 12.3. The van der Waals surface area contributed by atoms with Gasteiger partial charge in [0.15, 0.2) is 0 Å². The number of methoxy groups -OCH3 is 1. The second kappa shape index (κ2) is 9.96. The second-order valence-corrected chi connectivity index (χ2v) is 7.93. The predicted octanol–water partition coefficient (Wildman–Crippen LogP) is 6.27. The van der Waals surface area contributed by atoms with Crippen molar-refractivity contribution in [3.05, 3.63) is 96.3 Å². The summed E-state index contributed by atoms with van der Waals surface area (Å²) in [5.74, 6) is 1.69. The van der Waals surface area contributed by atoms with Crippen molar-refractivity contribution in [1.82, 2.24) is 9.97 Å². The highest BCUT2D eigenvalue weighted by Gasteiger charge is 2.12. The zero-order valence-corrected chi connectivity index (χ0v) is 18.9. The molecule has 4 aromatic rings. The molecule has 6 nitrogen and oxygen atoms in total. The summed E-state index contributed by atoms with van der Waals surface area (Å²) in [4.78, 5) is 21.1. The number of carbonyl (C=O) groups excluding carboxylic acids is 1. The normalized spacial score (nSPS) is 10.7. The minimum Gasteiger partial charge on any atom is -0.496 e. The molecular formula is C27H26N4O2. The zero-order valence-electron chi connectivity index (χ0n) is 18.9. The maximum Gasteiger partial charge on any atom is 0.255 e. The first-order valence-electron chi connectivity index (χ1n) is 10.8. The van der Waals surface area contributed by atoms with Gasteiger partial charge in [0.2, 0.25) is 0 Å². The van der Waals surface area contributed by atoms with Gasteiger partial charge in [-0.2, -0.15) is 0 Å². The number of benzene rings is 3. The summed E-state index contributed by atoms with van der Waals surface area (Å²) in [7, 11) is 1.66. The van der Waals surface area contributed by atoms with Gasteiger partial charge in [0.1, 0.15) is 17.9 Å². The summed E-state index contributed by atoms with van der Waals surface area (Å²) in [6, 6.07) is 24.7. The molecule has 3 aromatic carbocycles. The molecule has 0 aliphatic heterocycles. The lowest BCUT2D eigenvalue weighted by atomic mass is 9.99. The van der Waals surface area contributed by atoms with Crippen LogP contribution in [0.4, 0.5) is 17.2 Å². The van der Waals surface area contributed by atoms with E-state index < -0.39 is 0 Å². The molecule has 0 fully saturated rings.